The van der Waals surface area contributed by atoms with Crippen molar-refractivity contribution in [2.24, 2.45) is 0 Å². The van der Waals surface area contributed by atoms with E-state index in [-0.39, 0.29) is 11.7 Å². The van der Waals surface area contributed by atoms with Crippen molar-refractivity contribution in [2.75, 3.05) is 10.6 Å². The van der Waals surface area contributed by atoms with E-state index in [4.69, 9.17) is 0 Å². The Morgan fingerprint density at radius 3 is 2.66 bits per heavy atom. The van der Waals surface area contributed by atoms with Crippen molar-refractivity contribution in [1.82, 2.24) is 29.9 Å². The molecule has 0 aliphatic carbocycles. The lowest BCUT2D eigenvalue weighted by Crippen LogP contribution is -2.13. The number of nitrogens with zero attached hydrogens (tertiary/aromatic N) is 4. The maximum absolute atomic E-state index is 13.4. The van der Waals surface area contributed by atoms with E-state index in [2.05, 4.69) is 40.5 Å². The average Bonchev–Trinajstić information content (AvgIpc) is 3.61. The van der Waals surface area contributed by atoms with Gasteiger partial charge in [0.1, 0.15) is 34.9 Å². The third kappa shape index (κ3) is 4.35. The molecule has 0 aliphatic rings. The second kappa shape index (κ2) is 9.58. The Hall–Kier alpha value is -5.38. The third-order valence-electron chi connectivity index (χ3n) is 6.16. The molecule has 0 bridgehead atoms. The van der Waals surface area contributed by atoms with Gasteiger partial charge >= 0.3 is 0 Å². The minimum Gasteiger partial charge on any atom is -0.357 e. The molecule has 0 fully saturated rings. The monoisotopic (exact) mass is 504 g/mol. The lowest BCUT2D eigenvalue weighted by atomic mass is 10.1. The quantitative estimate of drug-likeness (QED) is 0.225. The molecule has 4 N–H and O–H groups in total. The van der Waals surface area contributed by atoms with E-state index in [0.29, 0.717) is 39.6 Å². The number of hydrogen-bond donors (Lipinski definition) is 4. The van der Waals surface area contributed by atoms with Crippen molar-refractivity contribution >= 4 is 34.3 Å². The van der Waals surface area contributed by atoms with Crippen LogP contribution in [-0.4, -0.2) is 35.8 Å². The fourth-order valence-electron chi connectivity index (χ4n) is 4.24. The summed E-state index contributed by atoms with van der Waals surface area (Å²) in [6.45, 7) is 1.96. The molecule has 0 saturated heterocycles. The van der Waals surface area contributed by atoms with Crippen molar-refractivity contribution < 1.29 is 9.18 Å². The van der Waals surface area contributed by atoms with Crippen LogP contribution in [0.4, 0.5) is 21.6 Å². The molecule has 38 heavy (non-hydrogen) atoms. The number of H-pyrrole nitrogens is 2. The normalized spacial score (nSPS) is 11.0. The molecule has 6 aromatic rings. The van der Waals surface area contributed by atoms with Crippen LogP contribution in [-0.2, 0) is 0 Å². The van der Waals surface area contributed by atoms with Crippen LogP contribution in [0.15, 0.2) is 85.7 Å². The second-order valence-electron chi connectivity index (χ2n) is 8.60. The highest BCUT2D eigenvalue weighted by molar-refractivity contribution is 6.07. The van der Waals surface area contributed by atoms with Gasteiger partial charge in [-0.05, 0) is 60.5 Å². The van der Waals surface area contributed by atoms with E-state index in [1.807, 2.05) is 37.3 Å². The van der Waals surface area contributed by atoms with E-state index in [1.165, 1.54) is 18.5 Å². The number of carbonyl (C=O) groups excluding carboxylic acids is 1. The van der Waals surface area contributed by atoms with Gasteiger partial charge in [0, 0.05) is 34.9 Å². The summed E-state index contributed by atoms with van der Waals surface area (Å²) in [7, 11) is 0. The van der Waals surface area contributed by atoms with Crippen LogP contribution in [0.2, 0.25) is 0 Å². The number of halogens is 1. The number of fused-ring (bicyclic) bond motifs is 1. The Labute approximate surface area is 216 Å². The van der Waals surface area contributed by atoms with Crippen molar-refractivity contribution in [1.29, 1.82) is 0 Å². The smallest absolute Gasteiger partial charge is 0.272 e. The van der Waals surface area contributed by atoms with E-state index in [1.54, 1.807) is 36.9 Å². The largest absolute Gasteiger partial charge is 0.357 e. The zero-order valence-electron chi connectivity index (χ0n) is 20.2. The first kappa shape index (κ1) is 23.0. The number of nitrogens with one attached hydrogen (secondary N) is 4. The molecule has 0 spiro atoms. The van der Waals surface area contributed by atoms with Crippen LogP contribution in [0.1, 0.15) is 16.1 Å². The molecule has 0 atom stereocenters. The third-order valence-corrected chi connectivity index (χ3v) is 6.16. The summed E-state index contributed by atoms with van der Waals surface area (Å²) >= 11 is 0. The van der Waals surface area contributed by atoms with Gasteiger partial charge in [-0.15, -0.1) is 0 Å². The van der Waals surface area contributed by atoms with Gasteiger partial charge in [-0.2, -0.15) is 0 Å². The summed E-state index contributed by atoms with van der Waals surface area (Å²) in [5.74, 6) is -0.0610. The number of carbonyl (C=O) groups is 1. The van der Waals surface area contributed by atoms with E-state index < -0.39 is 0 Å². The van der Waals surface area contributed by atoms with E-state index >= 15 is 0 Å². The number of rotatable bonds is 6. The van der Waals surface area contributed by atoms with Crippen LogP contribution in [0.25, 0.3) is 33.5 Å². The first-order valence-electron chi connectivity index (χ1n) is 11.8. The summed E-state index contributed by atoms with van der Waals surface area (Å²) in [6, 6.07) is 17.1. The number of aryl methyl sites for hydroxylation is 1. The average molecular weight is 505 g/mol. The molecule has 0 radical (unpaired) electrons. The van der Waals surface area contributed by atoms with Crippen LogP contribution in [0, 0.1) is 12.7 Å². The molecule has 0 unspecified atom stereocenters. The molecule has 0 saturated carbocycles. The SMILES string of the molecule is Cc1ccc(NC(=O)c2[nH]ccc2-c2ccc(F)cc2)cc1Nc1ncccc1-c1ncnc2[nH]cnc12. The van der Waals surface area contributed by atoms with Crippen LogP contribution < -0.4 is 10.6 Å². The Balaban J connectivity index is 1.28. The predicted molar refractivity (Wildman–Crippen MR) is 144 cm³/mol. The van der Waals surface area contributed by atoms with Gasteiger partial charge in [-0.1, -0.05) is 18.2 Å². The number of aromatic amines is 2. The van der Waals surface area contributed by atoms with E-state index in [9.17, 15) is 9.18 Å². The molecule has 2 aromatic carbocycles. The molecule has 186 valence electrons. The van der Waals surface area contributed by atoms with Gasteiger partial charge < -0.3 is 20.6 Å². The number of anilines is 3. The van der Waals surface area contributed by atoms with Crippen molar-refractivity contribution in [2.45, 2.75) is 6.92 Å². The van der Waals surface area contributed by atoms with Crippen LogP contribution >= 0.6 is 0 Å². The number of imidazole rings is 1. The van der Waals surface area contributed by atoms with Gasteiger partial charge in [-0.3, -0.25) is 4.79 Å². The molecule has 10 heteroatoms. The van der Waals surface area contributed by atoms with Gasteiger partial charge in [0.2, 0.25) is 0 Å². The fraction of sp³-hybridized carbons (Fsp3) is 0.0357. The van der Waals surface area contributed by atoms with Gasteiger partial charge in [0.15, 0.2) is 5.65 Å². The standard InChI is InChI=1S/C28H21FN8O/c1-16-4-9-19(36-28(38)24-20(10-12-30-24)17-5-7-18(29)8-6-17)13-22(16)37-26-21(3-2-11-31-26)23-25-27(34-14-32-23)35-15-33-25/h2-15,30H,1H3,(H,31,37)(H,36,38)(H,32,33,34,35). The minimum atomic E-state index is -0.334. The molecule has 1 amide bonds. The lowest BCUT2D eigenvalue weighted by molar-refractivity contribution is 0.102. The molecular weight excluding hydrogens is 483 g/mol. The van der Waals surface area contributed by atoms with Crippen LogP contribution in [0.3, 0.4) is 0 Å². The Morgan fingerprint density at radius 2 is 1.79 bits per heavy atom. The summed E-state index contributed by atoms with van der Waals surface area (Å²) in [5.41, 5.74) is 6.80. The van der Waals surface area contributed by atoms with Crippen molar-refractivity contribution in [3.8, 4) is 22.4 Å². The zero-order valence-corrected chi connectivity index (χ0v) is 20.2. The highest BCUT2D eigenvalue weighted by atomic mass is 19.1. The first-order chi connectivity index (χ1) is 18.6. The summed E-state index contributed by atoms with van der Waals surface area (Å²) in [6.07, 6.45) is 6.43. The number of amides is 1. The first-order valence-corrected chi connectivity index (χ1v) is 11.8. The Bertz CT molecular complexity index is 1770. The molecule has 9 nitrogen and oxygen atoms in total. The highest BCUT2D eigenvalue weighted by Gasteiger charge is 2.17. The summed E-state index contributed by atoms with van der Waals surface area (Å²) in [4.78, 5) is 36.7. The number of pyridine rings is 1. The van der Waals surface area contributed by atoms with Crippen LogP contribution in [0.5, 0.6) is 0 Å². The number of aromatic nitrogens is 6. The molecule has 6 rings (SSSR count). The maximum atomic E-state index is 13.4. The van der Waals surface area contributed by atoms with Gasteiger partial charge in [-0.25, -0.2) is 24.3 Å². The van der Waals surface area contributed by atoms with Crippen molar-refractivity contribution in [3.05, 3.63) is 103 Å². The Morgan fingerprint density at radius 1 is 0.921 bits per heavy atom. The van der Waals surface area contributed by atoms with E-state index in [0.717, 1.165) is 22.4 Å². The van der Waals surface area contributed by atoms with Gasteiger partial charge in [0.05, 0.1) is 6.33 Å². The predicted octanol–water partition coefficient (Wildman–Crippen LogP) is 5.85. The zero-order chi connectivity index (χ0) is 26.1. The number of hydrogen-bond acceptors (Lipinski definition) is 6. The molecule has 4 aromatic heterocycles. The fourth-order valence-corrected chi connectivity index (χ4v) is 4.24. The lowest BCUT2D eigenvalue weighted by Gasteiger charge is -2.14. The van der Waals surface area contributed by atoms with Crippen molar-refractivity contribution in [3.63, 3.8) is 0 Å². The topological polar surface area (TPSA) is 124 Å². The molecule has 4 heterocycles. The molecular formula is C28H21FN8O. The highest BCUT2D eigenvalue weighted by Crippen LogP contribution is 2.32. The maximum Gasteiger partial charge on any atom is 0.272 e. The summed E-state index contributed by atoms with van der Waals surface area (Å²) in [5, 5.41) is 6.33. The Kier molecular flexibility index (Phi) is 5.81. The second-order valence-corrected chi connectivity index (χ2v) is 8.60. The van der Waals surface area contributed by atoms with Gasteiger partial charge in [0.25, 0.3) is 5.91 Å². The minimum absolute atomic E-state index is 0.315. The molecule has 0 aliphatic heterocycles. The number of benzene rings is 2. The summed E-state index contributed by atoms with van der Waals surface area (Å²) < 4.78 is 13.4.